The molecule has 1 amide bonds. The van der Waals surface area contributed by atoms with E-state index in [0.29, 0.717) is 25.2 Å². The second-order valence-electron chi connectivity index (χ2n) is 13.3. The van der Waals surface area contributed by atoms with Crippen LogP contribution < -0.4 is 21.3 Å². The van der Waals surface area contributed by atoms with Gasteiger partial charge >= 0.3 is 0 Å². The van der Waals surface area contributed by atoms with Crippen molar-refractivity contribution in [1.82, 2.24) is 25.3 Å². The van der Waals surface area contributed by atoms with E-state index < -0.39 is 5.54 Å². The SMILES string of the molecule is CCCNCCN(CCN)CCNCCCN1CN(c2ccccc2)C2(CCN(C3CCC(C(C)C)CC3)CC2)C1=O. The highest BCUT2D eigenvalue weighted by atomic mass is 16.2. The monoisotopic (exact) mass is 583 g/mol. The van der Waals surface area contributed by atoms with Gasteiger partial charge in [-0.15, -0.1) is 0 Å². The van der Waals surface area contributed by atoms with Crippen molar-refractivity contribution < 1.29 is 4.79 Å². The first-order valence-corrected chi connectivity index (χ1v) is 17.2. The fourth-order valence-corrected chi connectivity index (χ4v) is 7.58. The van der Waals surface area contributed by atoms with Crippen LogP contribution in [-0.4, -0.2) is 111 Å². The van der Waals surface area contributed by atoms with Crippen molar-refractivity contribution in [3.05, 3.63) is 30.3 Å². The summed E-state index contributed by atoms with van der Waals surface area (Å²) in [4.78, 5) is 23.8. The first kappa shape index (κ1) is 33.2. The third kappa shape index (κ3) is 8.69. The van der Waals surface area contributed by atoms with Crippen LogP contribution in [-0.2, 0) is 4.79 Å². The third-order valence-electron chi connectivity index (χ3n) is 10.3. The summed E-state index contributed by atoms with van der Waals surface area (Å²) in [6.45, 7) is 18.2. The van der Waals surface area contributed by atoms with Crippen molar-refractivity contribution in [2.45, 2.75) is 83.7 Å². The van der Waals surface area contributed by atoms with Gasteiger partial charge in [0.1, 0.15) is 5.54 Å². The number of likely N-dealkylation sites (tertiary alicyclic amines) is 1. The Morgan fingerprint density at radius 1 is 0.952 bits per heavy atom. The van der Waals surface area contributed by atoms with Gasteiger partial charge in [-0.25, -0.2) is 0 Å². The van der Waals surface area contributed by atoms with Crippen LogP contribution in [0.2, 0.25) is 0 Å². The van der Waals surface area contributed by atoms with Crippen LogP contribution in [0, 0.1) is 11.8 Å². The Bertz CT molecular complexity index is 896. The molecule has 2 aliphatic heterocycles. The molecule has 0 radical (unpaired) electrons. The summed E-state index contributed by atoms with van der Waals surface area (Å²) in [6, 6.07) is 11.4. The van der Waals surface area contributed by atoms with Gasteiger partial charge in [-0.3, -0.25) is 9.69 Å². The first-order chi connectivity index (χ1) is 20.5. The third-order valence-corrected chi connectivity index (χ3v) is 10.3. The summed E-state index contributed by atoms with van der Waals surface area (Å²) in [5.74, 6) is 2.04. The molecule has 2 saturated heterocycles. The summed E-state index contributed by atoms with van der Waals surface area (Å²) in [7, 11) is 0. The molecule has 1 spiro atoms. The van der Waals surface area contributed by atoms with Gasteiger partial charge in [-0.2, -0.15) is 0 Å². The van der Waals surface area contributed by atoms with Crippen LogP contribution in [0.3, 0.4) is 0 Å². The van der Waals surface area contributed by atoms with E-state index in [0.717, 1.165) is 96.5 Å². The van der Waals surface area contributed by atoms with Crippen LogP contribution >= 0.6 is 0 Å². The van der Waals surface area contributed by atoms with Gasteiger partial charge in [0.15, 0.2) is 0 Å². The number of carbonyl (C=O) groups excluding carboxylic acids is 1. The summed E-state index contributed by atoms with van der Waals surface area (Å²) in [5, 5.41) is 7.11. The van der Waals surface area contributed by atoms with E-state index in [2.05, 4.69) is 81.3 Å². The molecule has 0 atom stereocenters. The number of piperidine rings is 1. The maximum Gasteiger partial charge on any atom is 0.250 e. The lowest BCUT2D eigenvalue weighted by atomic mass is 9.78. The molecule has 4 N–H and O–H groups in total. The van der Waals surface area contributed by atoms with E-state index >= 15 is 0 Å². The number of carbonyl (C=O) groups is 1. The minimum Gasteiger partial charge on any atom is -0.339 e. The largest absolute Gasteiger partial charge is 0.339 e. The molecule has 2 heterocycles. The van der Waals surface area contributed by atoms with Gasteiger partial charge in [0.05, 0.1) is 6.67 Å². The van der Waals surface area contributed by atoms with E-state index in [-0.39, 0.29) is 0 Å². The zero-order valence-electron chi connectivity index (χ0n) is 27.0. The standard InChI is InChI=1S/C34H61N7O/c1-4-18-36-20-26-38(25-17-35)27-21-37-19-8-22-40-28-41(32-9-6-5-7-10-32)34(33(40)42)15-23-39(24-16-34)31-13-11-30(12-14-31)29(2)3/h5-7,9-10,29-31,36-37H,4,8,11-28,35H2,1-3H3. The van der Waals surface area contributed by atoms with Crippen LogP contribution in [0.5, 0.6) is 0 Å². The fourth-order valence-electron chi connectivity index (χ4n) is 7.58. The predicted molar refractivity (Wildman–Crippen MR) is 176 cm³/mol. The minimum absolute atomic E-state index is 0.350. The average molecular weight is 584 g/mol. The van der Waals surface area contributed by atoms with Gasteiger partial charge in [0.2, 0.25) is 5.91 Å². The number of hydrogen-bond acceptors (Lipinski definition) is 7. The second kappa shape index (κ2) is 17.0. The maximum atomic E-state index is 14.1. The zero-order valence-corrected chi connectivity index (χ0v) is 27.0. The van der Waals surface area contributed by atoms with Crippen molar-refractivity contribution in [3.8, 4) is 0 Å². The Hall–Kier alpha value is -1.71. The number of hydrogen-bond donors (Lipinski definition) is 3. The lowest BCUT2D eigenvalue weighted by Gasteiger charge is -2.47. The topological polar surface area (TPSA) is 80.1 Å². The van der Waals surface area contributed by atoms with E-state index in [4.69, 9.17) is 5.73 Å². The van der Waals surface area contributed by atoms with Crippen molar-refractivity contribution in [2.75, 3.05) is 83.6 Å². The lowest BCUT2D eigenvalue weighted by molar-refractivity contribution is -0.133. The van der Waals surface area contributed by atoms with E-state index in [1.54, 1.807) is 0 Å². The molecule has 4 rings (SSSR count). The van der Waals surface area contributed by atoms with Crippen LogP contribution in [0.4, 0.5) is 5.69 Å². The van der Waals surface area contributed by atoms with Crippen molar-refractivity contribution in [3.63, 3.8) is 0 Å². The first-order valence-electron chi connectivity index (χ1n) is 17.2. The molecule has 42 heavy (non-hydrogen) atoms. The number of benzene rings is 1. The fraction of sp³-hybridized carbons (Fsp3) is 0.794. The molecular weight excluding hydrogens is 522 g/mol. The Balaban J connectivity index is 1.26. The molecule has 8 heteroatoms. The predicted octanol–water partition coefficient (Wildman–Crippen LogP) is 3.58. The molecule has 238 valence electrons. The number of para-hydroxylation sites is 1. The minimum atomic E-state index is -0.394. The second-order valence-corrected chi connectivity index (χ2v) is 13.3. The summed E-state index contributed by atoms with van der Waals surface area (Å²) >= 11 is 0. The van der Waals surface area contributed by atoms with Crippen LogP contribution in [0.15, 0.2) is 30.3 Å². The van der Waals surface area contributed by atoms with Gasteiger partial charge in [-0.1, -0.05) is 39.0 Å². The quantitative estimate of drug-likeness (QED) is 0.242. The average Bonchev–Trinajstić information content (AvgIpc) is 3.28. The molecule has 1 aromatic carbocycles. The molecule has 1 aliphatic carbocycles. The Morgan fingerprint density at radius 3 is 2.24 bits per heavy atom. The van der Waals surface area contributed by atoms with Gasteiger partial charge < -0.3 is 31.1 Å². The molecule has 8 nitrogen and oxygen atoms in total. The number of rotatable bonds is 17. The van der Waals surface area contributed by atoms with Crippen LogP contribution in [0.25, 0.3) is 0 Å². The lowest BCUT2D eigenvalue weighted by Crippen LogP contribution is -2.58. The molecular formula is C34H61N7O. The Morgan fingerprint density at radius 2 is 1.62 bits per heavy atom. The highest BCUT2D eigenvalue weighted by Crippen LogP contribution is 2.41. The number of amides is 1. The van der Waals surface area contributed by atoms with E-state index in [1.165, 1.54) is 37.8 Å². The summed E-state index contributed by atoms with van der Waals surface area (Å²) in [6.07, 6.45) is 9.39. The number of nitrogens with one attached hydrogen (secondary N) is 2. The highest BCUT2D eigenvalue weighted by Gasteiger charge is 2.54. The molecule has 3 fully saturated rings. The highest BCUT2D eigenvalue weighted by molar-refractivity contribution is 5.93. The maximum absolute atomic E-state index is 14.1. The molecule has 3 aliphatic rings. The zero-order chi connectivity index (χ0) is 29.8. The summed E-state index contributed by atoms with van der Waals surface area (Å²) < 4.78 is 0. The van der Waals surface area contributed by atoms with Crippen LogP contribution in [0.1, 0.15) is 72.1 Å². The Kier molecular flexibility index (Phi) is 13.4. The van der Waals surface area contributed by atoms with Crippen molar-refractivity contribution >= 4 is 11.6 Å². The molecule has 0 bridgehead atoms. The number of anilines is 1. The van der Waals surface area contributed by atoms with E-state index in [1.807, 2.05) is 0 Å². The smallest absolute Gasteiger partial charge is 0.250 e. The van der Waals surface area contributed by atoms with Gasteiger partial charge in [-0.05, 0) is 88.4 Å². The Labute approximate surface area is 256 Å². The van der Waals surface area contributed by atoms with Gasteiger partial charge in [0, 0.05) is 70.6 Å². The number of nitrogens with zero attached hydrogens (tertiary/aromatic N) is 4. The van der Waals surface area contributed by atoms with Crippen molar-refractivity contribution in [2.24, 2.45) is 17.6 Å². The van der Waals surface area contributed by atoms with Gasteiger partial charge in [0.25, 0.3) is 0 Å². The molecule has 1 saturated carbocycles. The summed E-state index contributed by atoms with van der Waals surface area (Å²) in [5.41, 5.74) is 6.63. The molecule has 0 aromatic heterocycles. The number of nitrogens with two attached hydrogens (primary N) is 1. The molecule has 0 unspecified atom stereocenters. The normalized spacial score (nSPS) is 23.1. The molecule has 1 aromatic rings. The van der Waals surface area contributed by atoms with E-state index in [9.17, 15) is 4.79 Å². The van der Waals surface area contributed by atoms with Crippen molar-refractivity contribution in [1.29, 1.82) is 0 Å².